The number of hydrogen-bond donors (Lipinski definition) is 0. The van der Waals surface area contributed by atoms with Gasteiger partial charge in [0.15, 0.2) is 0 Å². The predicted octanol–water partition coefficient (Wildman–Crippen LogP) is 2.77. The Kier molecular flexibility index (Phi) is 4.46. The van der Waals surface area contributed by atoms with Crippen LogP contribution < -0.4 is 0 Å². The molecule has 0 aliphatic rings. The minimum atomic E-state index is 0.259. The largest absolute Gasteiger partial charge is 0.125 e. The molecule has 1 atom stereocenters. The van der Waals surface area contributed by atoms with E-state index in [2.05, 4.69) is 18.6 Å². The Morgan fingerprint density at radius 2 is 2.20 bits per heavy atom. The Hall–Kier alpha value is -0.920. The summed E-state index contributed by atoms with van der Waals surface area (Å²) in [5.41, 5.74) is 4.27. The van der Waals surface area contributed by atoms with E-state index in [-0.39, 0.29) is 5.92 Å². The van der Waals surface area contributed by atoms with E-state index in [0.717, 1.165) is 6.42 Å². The summed E-state index contributed by atoms with van der Waals surface area (Å²) in [6.45, 7) is 6.10. The summed E-state index contributed by atoms with van der Waals surface area (Å²) < 4.78 is 0. The molecular weight excluding hydrogens is 120 g/mol. The summed E-state index contributed by atoms with van der Waals surface area (Å²) in [6, 6.07) is 0. The molecule has 0 N–H and O–H groups in total. The number of hydrogen-bond acceptors (Lipinski definition) is 0. The Bertz CT molecular complexity index is 181. The monoisotopic (exact) mass is 134 g/mol. The fourth-order valence-corrected chi connectivity index (χ4v) is 0.551. The average Bonchev–Trinajstić information content (AvgIpc) is 1.90. The van der Waals surface area contributed by atoms with E-state index in [0.29, 0.717) is 0 Å². The van der Waals surface area contributed by atoms with Crippen LogP contribution in [-0.4, -0.2) is 0 Å². The van der Waals surface area contributed by atoms with Gasteiger partial charge in [0, 0.05) is 5.92 Å². The van der Waals surface area contributed by atoms with Crippen molar-refractivity contribution in [1.29, 1.82) is 0 Å². The molecular formula is C10H14. The molecule has 54 valence electrons. The summed E-state index contributed by atoms with van der Waals surface area (Å²) in [5, 5.41) is 0. The summed E-state index contributed by atoms with van der Waals surface area (Å²) in [4.78, 5) is 0. The first-order chi connectivity index (χ1) is 4.70. The second-order valence-corrected chi connectivity index (χ2v) is 2.49. The first kappa shape index (κ1) is 9.08. The zero-order chi connectivity index (χ0) is 7.98. The minimum absolute atomic E-state index is 0.259. The van der Waals surface area contributed by atoms with Crippen LogP contribution in [0, 0.1) is 18.3 Å². The predicted molar refractivity (Wildman–Crippen MR) is 45.6 cm³/mol. The molecule has 0 rings (SSSR count). The van der Waals surface area contributed by atoms with Gasteiger partial charge in [-0.25, -0.2) is 0 Å². The van der Waals surface area contributed by atoms with Gasteiger partial charge in [-0.3, -0.25) is 0 Å². The van der Waals surface area contributed by atoms with Crippen LogP contribution in [0.5, 0.6) is 0 Å². The zero-order valence-electron chi connectivity index (χ0n) is 6.94. The molecule has 0 saturated carbocycles. The van der Waals surface area contributed by atoms with Crippen LogP contribution in [-0.2, 0) is 0 Å². The fourth-order valence-electron chi connectivity index (χ4n) is 0.551. The highest BCUT2D eigenvalue weighted by Crippen LogP contribution is 2.01. The average molecular weight is 134 g/mol. The molecule has 0 fully saturated rings. The van der Waals surface area contributed by atoms with Crippen molar-refractivity contribution in [2.75, 3.05) is 0 Å². The van der Waals surface area contributed by atoms with Crippen LogP contribution in [0.25, 0.3) is 0 Å². The molecule has 0 aromatic rings. The highest BCUT2D eigenvalue weighted by molar-refractivity contribution is 5.06. The Labute approximate surface area is 63.6 Å². The normalized spacial score (nSPS) is 11.0. The first-order valence-electron chi connectivity index (χ1n) is 3.56. The standard InChI is InChI=1S/C10H14/c1-5-10(6-2)8-7-9(3)4/h1,8,10H,6H2,2-4H3. The van der Waals surface area contributed by atoms with Gasteiger partial charge in [0.1, 0.15) is 0 Å². The van der Waals surface area contributed by atoms with Crippen molar-refractivity contribution in [3.8, 4) is 12.3 Å². The lowest BCUT2D eigenvalue weighted by atomic mass is 10.1. The lowest BCUT2D eigenvalue weighted by Crippen LogP contribution is -1.86. The lowest BCUT2D eigenvalue weighted by molar-refractivity contribution is 0.802. The van der Waals surface area contributed by atoms with Gasteiger partial charge in [0.05, 0.1) is 0 Å². The maximum atomic E-state index is 5.24. The van der Waals surface area contributed by atoms with Crippen molar-refractivity contribution in [2.24, 2.45) is 5.92 Å². The first-order valence-corrected chi connectivity index (χ1v) is 3.56. The van der Waals surface area contributed by atoms with Gasteiger partial charge in [0.25, 0.3) is 0 Å². The second-order valence-electron chi connectivity index (χ2n) is 2.49. The van der Waals surface area contributed by atoms with Gasteiger partial charge >= 0.3 is 0 Å². The van der Waals surface area contributed by atoms with E-state index in [4.69, 9.17) is 6.42 Å². The second kappa shape index (κ2) is 4.91. The van der Waals surface area contributed by atoms with Gasteiger partial charge in [-0.2, -0.15) is 0 Å². The highest BCUT2D eigenvalue weighted by atomic mass is 13.9. The molecule has 0 heteroatoms. The maximum absolute atomic E-state index is 5.24. The van der Waals surface area contributed by atoms with Gasteiger partial charge in [0.2, 0.25) is 0 Å². The van der Waals surface area contributed by atoms with Crippen LogP contribution in [0.2, 0.25) is 0 Å². The van der Waals surface area contributed by atoms with Crippen molar-refractivity contribution in [3.05, 3.63) is 17.4 Å². The van der Waals surface area contributed by atoms with Crippen molar-refractivity contribution in [3.63, 3.8) is 0 Å². The molecule has 0 nitrogen and oxygen atoms in total. The van der Waals surface area contributed by atoms with Crippen LogP contribution in [0.15, 0.2) is 17.4 Å². The summed E-state index contributed by atoms with van der Waals surface area (Å²) in [6.07, 6.45) is 8.19. The van der Waals surface area contributed by atoms with E-state index < -0.39 is 0 Å². The fraction of sp³-hybridized carbons (Fsp3) is 0.500. The number of rotatable bonds is 2. The maximum Gasteiger partial charge on any atom is 0.0451 e. The van der Waals surface area contributed by atoms with Gasteiger partial charge in [-0.1, -0.05) is 12.8 Å². The van der Waals surface area contributed by atoms with Crippen LogP contribution in [0.1, 0.15) is 27.2 Å². The van der Waals surface area contributed by atoms with Crippen molar-refractivity contribution in [1.82, 2.24) is 0 Å². The molecule has 0 saturated heterocycles. The van der Waals surface area contributed by atoms with E-state index in [1.165, 1.54) is 5.57 Å². The molecule has 0 heterocycles. The van der Waals surface area contributed by atoms with Crippen LogP contribution >= 0.6 is 0 Å². The number of allylic oxidation sites excluding steroid dienone is 1. The third kappa shape index (κ3) is 4.01. The summed E-state index contributed by atoms with van der Waals surface area (Å²) >= 11 is 0. The van der Waals surface area contributed by atoms with Crippen LogP contribution in [0.4, 0.5) is 0 Å². The lowest BCUT2D eigenvalue weighted by Gasteiger charge is -1.94. The third-order valence-corrected chi connectivity index (χ3v) is 1.23. The quantitative estimate of drug-likeness (QED) is 0.402. The van der Waals surface area contributed by atoms with Gasteiger partial charge in [-0.15, -0.1) is 12.2 Å². The van der Waals surface area contributed by atoms with E-state index >= 15 is 0 Å². The van der Waals surface area contributed by atoms with Crippen molar-refractivity contribution >= 4 is 0 Å². The zero-order valence-corrected chi connectivity index (χ0v) is 6.94. The van der Waals surface area contributed by atoms with E-state index in [1.807, 2.05) is 19.9 Å². The summed E-state index contributed by atoms with van der Waals surface area (Å²) in [5.74, 6) is 2.93. The SMILES string of the molecule is C#CC(C=C=C(C)C)CC. The molecule has 0 bridgehead atoms. The Morgan fingerprint density at radius 1 is 1.60 bits per heavy atom. The molecule has 0 amide bonds. The highest BCUT2D eigenvalue weighted by Gasteiger charge is 1.91. The molecule has 0 aromatic heterocycles. The summed E-state index contributed by atoms with van der Waals surface area (Å²) in [7, 11) is 0. The topological polar surface area (TPSA) is 0 Å². The van der Waals surface area contributed by atoms with E-state index in [1.54, 1.807) is 0 Å². The van der Waals surface area contributed by atoms with E-state index in [9.17, 15) is 0 Å². The molecule has 0 aliphatic heterocycles. The smallest absolute Gasteiger partial charge is 0.0451 e. The Balaban J connectivity index is 4.14. The molecule has 0 spiro atoms. The molecule has 0 radical (unpaired) electrons. The molecule has 0 aromatic carbocycles. The van der Waals surface area contributed by atoms with Crippen LogP contribution in [0.3, 0.4) is 0 Å². The van der Waals surface area contributed by atoms with Crippen molar-refractivity contribution < 1.29 is 0 Å². The van der Waals surface area contributed by atoms with Gasteiger partial charge in [-0.05, 0) is 31.9 Å². The molecule has 10 heavy (non-hydrogen) atoms. The van der Waals surface area contributed by atoms with Gasteiger partial charge < -0.3 is 0 Å². The Morgan fingerprint density at radius 3 is 2.50 bits per heavy atom. The molecule has 0 aliphatic carbocycles. The minimum Gasteiger partial charge on any atom is -0.125 e. The third-order valence-electron chi connectivity index (χ3n) is 1.23. The molecule has 1 unspecified atom stereocenters. The van der Waals surface area contributed by atoms with Crippen molar-refractivity contribution in [2.45, 2.75) is 27.2 Å². The number of terminal acetylenes is 1.